The summed E-state index contributed by atoms with van der Waals surface area (Å²) in [7, 11) is 0. The molecule has 0 aliphatic rings. The number of hydrogen-bond acceptors (Lipinski definition) is 2. The van der Waals surface area contributed by atoms with Gasteiger partial charge in [0.15, 0.2) is 0 Å². The van der Waals surface area contributed by atoms with Gasteiger partial charge in [-0.1, -0.05) is 54.6 Å². The van der Waals surface area contributed by atoms with Gasteiger partial charge in [-0.3, -0.25) is 4.79 Å². The van der Waals surface area contributed by atoms with Crippen LogP contribution >= 0.6 is 0 Å². The molecule has 3 rings (SSSR count). The number of carbonyl (C=O) groups excluding carboxylic acids is 1. The van der Waals surface area contributed by atoms with E-state index in [1.807, 2.05) is 54.6 Å². The van der Waals surface area contributed by atoms with Crippen molar-refractivity contribution in [2.75, 3.05) is 17.2 Å². The molecule has 120 valence electrons. The molecule has 0 atom stereocenters. The summed E-state index contributed by atoms with van der Waals surface area (Å²) in [6.07, 6.45) is 0. The van der Waals surface area contributed by atoms with Crippen LogP contribution in [0.4, 0.5) is 11.4 Å². The van der Waals surface area contributed by atoms with Crippen molar-refractivity contribution in [2.45, 2.75) is 6.92 Å². The van der Waals surface area contributed by atoms with Gasteiger partial charge in [0.1, 0.15) is 0 Å². The molecule has 0 fully saturated rings. The third kappa shape index (κ3) is 3.63. The highest BCUT2D eigenvalue weighted by atomic mass is 16.1. The zero-order valence-electron chi connectivity index (χ0n) is 13.6. The van der Waals surface area contributed by atoms with Crippen LogP contribution in [0.5, 0.6) is 0 Å². The van der Waals surface area contributed by atoms with Gasteiger partial charge in [0, 0.05) is 29.0 Å². The maximum atomic E-state index is 12.3. The number of rotatable bonds is 5. The fourth-order valence-electron chi connectivity index (χ4n) is 2.62. The second-order valence-electron chi connectivity index (χ2n) is 5.48. The Morgan fingerprint density at radius 2 is 1.54 bits per heavy atom. The molecule has 0 saturated carbocycles. The van der Waals surface area contributed by atoms with Crippen LogP contribution in [0.1, 0.15) is 17.3 Å². The minimum Gasteiger partial charge on any atom is -0.385 e. The Balaban J connectivity index is 1.88. The lowest BCUT2D eigenvalue weighted by molar-refractivity contribution is 0.102. The van der Waals surface area contributed by atoms with Crippen molar-refractivity contribution in [1.82, 2.24) is 0 Å². The van der Waals surface area contributed by atoms with Crippen LogP contribution in [-0.4, -0.2) is 12.5 Å². The van der Waals surface area contributed by atoms with Crippen LogP contribution in [0.25, 0.3) is 11.1 Å². The van der Waals surface area contributed by atoms with E-state index in [0.717, 1.165) is 29.0 Å². The highest BCUT2D eigenvalue weighted by molar-refractivity contribution is 6.04. The fourth-order valence-corrected chi connectivity index (χ4v) is 2.62. The lowest BCUT2D eigenvalue weighted by atomic mass is 10.0. The smallest absolute Gasteiger partial charge is 0.255 e. The number of hydrogen-bond donors (Lipinski definition) is 2. The molecule has 0 unspecified atom stereocenters. The van der Waals surface area contributed by atoms with Crippen molar-refractivity contribution in [3.8, 4) is 11.1 Å². The number of nitrogens with one attached hydrogen (secondary N) is 2. The van der Waals surface area contributed by atoms with Crippen molar-refractivity contribution in [3.05, 3.63) is 84.4 Å². The monoisotopic (exact) mass is 316 g/mol. The minimum absolute atomic E-state index is 0.106. The lowest BCUT2D eigenvalue weighted by Gasteiger charge is -2.14. The first-order chi connectivity index (χ1) is 11.8. The first kappa shape index (κ1) is 15.8. The average molecular weight is 316 g/mol. The Labute approximate surface area is 142 Å². The molecule has 1 amide bonds. The second kappa shape index (κ2) is 7.47. The van der Waals surface area contributed by atoms with E-state index in [1.165, 1.54) is 0 Å². The van der Waals surface area contributed by atoms with Gasteiger partial charge in [-0.2, -0.15) is 0 Å². The molecule has 3 heteroatoms. The summed E-state index contributed by atoms with van der Waals surface area (Å²) in [5.41, 5.74) is 4.70. The van der Waals surface area contributed by atoms with E-state index in [4.69, 9.17) is 0 Å². The Bertz CT molecular complexity index is 814. The predicted octanol–water partition coefficient (Wildman–Crippen LogP) is 5.04. The lowest BCUT2D eigenvalue weighted by Crippen LogP contribution is -2.12. The van der Waals surface area contributed by atoms with Gasteiger partial charge in [0.2, 0.25) is 0 Å². The van der Waals surface area contributed by atoms with E-state index in [0.29, 0.717) is 5.56 Å². The van der Waals surface area contributed by atoms with Gasteiger partial charge in [0.05, 0.1) is 0 Å². The molecular weight excluding hydrogens is 296 g/mol. The zero-order valence-corrected chi connectivity index (χ0v) is 13.6. The minimum atomic E-state index is -0.106. The van der Waals surface area contributed by atoms with E-state index in [-0.39, 0.29) is 5.91 Å². The first-order valence-electron chi connectivity index (χ1n) is 8.07. The number of amides is 1. The van der Waals surface area contributed by atoms with E-state index in [9.17, 15) is 4.79 Å². The molecule has 0 saturated heterocycles. The topological polar surface area (TPSA) is 41.1 Å². The Hall–Kier alpha value is -3.07. The number of benzene rings is 3. The molecule has 0 aliphatic carbocycles. The summed E-state index contributed by atoms with van der Waals surface area (Å²) in [6.45, 7) is 2.87. The van der Waals surface area contributed by atoms with Gasteiger partial charge < -0.3 is 10.6 Å². The third-order valence-electron chi connectivity index (χ3n) is 3.77. The van der Waals surface area contributed by atoms with E-state index in [1.54, 1.807) is 12.1 Å². The van der Waals surface area contributed by atoms with E-state index < -0.39 is 0 Å². The highest BCUT2D eigenvalue weighted by Crippen LogP contribution is 2.30. The quantitative estimate of drug-likeness (QED) is 0.692. The summed E-state index contributed by atoms with van der Waals surface area (Å²) in [6, 6.07) is 25.4. The third-order valence-corrected chi connectivity index (χ3v) is 3.77. The van der Waals surface area contributed by atoms with Gasteiger partial charge >= 0.3 is 0 Å². The highest BCUT2D eigenvalue weighted by Gasteiger charge is 2.09. The molecule has 3 aromatic carbocycles. The van der Waals surface area contributed by atoms with Crippen molar-refractivity contribution in [3.63, 3.8) is 0 Å². The molecule has 0 aromatic heterocycles. The molecule has 0 aliphatic heterocycles. The maximum absolute atomic E-state index is 12.3. The molecule has 0 heterocycles. The standard InChI is InChI=1S/C21H20N2O/c1-2-22-20-15-18(23-21(24)17-11-7-4-8-12-17)13-14-19(20)16-9-5-3-6-10-16/h3-15,22H,2H2,1H3,(H,23,24). The number of carbonyl (C=O) groups is 1. The average Bonchev–Trinajstić information content (AvgIpc) is 2.64. The maximum Gasteiger partial charge on any atom is 0.255 e. The van der Waals surface area contributed by atoms with Crippen molar-refractivity contribution in [1.29, 1.82) is 0 Å². The van der Waals surface area contributed by atoms with Crippen LogP contribution in [0.15, 0.2) is 78.9 Å². The summed E-state index contributed by atoms with van der Waals surface area (Å²) < 4.78 is 0. The van der Waals surface area contributed by atoms with Gasteiger partial charge in [-0.25, -0.2) is 0 Å². The molecule has 24 heavy (non-hydrogen) atoms. The summed E-state index contributed by atoms with van der Waals surface area (Å²) in [5, 5.41) is 6.33. The predicted molar refractivity (Wildman–Crippen MR) is 100 cm³/mol. The molecule has 3 nitrogen and oxygen atoms in total. The Morgan fingerprint density at radius 1 is 0.875 bits per heavy atom. The summed E-state index contributed by atoms with van der Waals surface area (Å²) in [4.78, 5) is 12.3. The largest absolute Gasteiger partial charge is 0.385 e. The summed E-state index contributed by atoms with van der Waals surface area (Å²) >= 11 is 0. The van der Waals surface area contributed by atoms with Gasteiger partial charge in [-0.05, 0) is 36.8 Å². The Morgan fingerprint density at radius 3 is 2.21 bits per heavy atom. The van der Waals surface area contributed by atoms with Crippen molar-refractivity contribution < 1.29 is 4.79 Å². The van der Waals surface area contributed by atoms with E-state index in [2.05, 4.69) is 29.7 Å². The van der Waals surface area contributed by atoms with Crippen molar-refractivity contribution in [2.24, 2.45) is 0 Å². The SMILES string of the molecule is CCNc1cc(NC(=O)c2ccccc2)ccc1-c1ccccc1. The van der Waals surface area contributed by atoms with E-state index >= 15 is 0 Å². The molecule has 3 aromatic rings. The fraction of sp³-hybridized carbons (Fsp3) is 0.0952. The van der Waals surface area contributed by atoms with Crippen LogP contribution in [-0.2, 0) is 0 Å². The molecule has 0 radical (unpaired) electrons. The van der Waals surface area contributed by atoms with Gasteiger partial charge in [0.25, 0.3) is 5.91 Å². The number of anilines is 2. The van der Waals surface area contributed by atoms with Crippen LogP contribution in [0, 0.1) is 0 Å². The van der Waals surface area contributed by atoms with Crippen LogP contribution < -0.4 is 10.6 Å². The van der Waals surface area contributed by atoms with Gasteiger partial charge in [-0.15, -0.1) is 0 Å². The van der Waals surface area contributed by atoms with Crippen molar-refractivity contribution >= 4 is 17.3 Å². The molecule has 0 spiro atoms. The zero-order chi connectivity index (χ0) is 16.8. The molecular formula is C21H20N2O. The second-order valence-corrected chi connectivity index (χ2v) is 5.48. The summed E-state index contributed by atoms with van der Waals surface area (Å²) in [5.74, 6) is -0.106. The molecule has 2 N–H and O–H groups in total. The first-order valence-corrected chi connectivity index (χ1v) is 8.07. The van der Waals surface area contributed by atoms with Crippen LogP contribution in [0.3, 0.4) is 0 Å². The Kier molecular flexibility index (Phi) is 4.92. The normalized spacial score (nSPS) is 10.2. The van der Waals surface area contributed by atoms with Crippen LogP contribution in [0.2, 0.25) is 0 Å². The molecule has 0 bridgehead atoms.